The van der Waals surface area contributed by atoms with Gasteiger partial charge in [-0.1, -0.05) is 6.58 Å². The Labute approximate surface area is 90.4 Å². The Hall–Kier alpha value is -1.25. The highest BCUT2D eigenvalue weighted by atomic mass is 16.5. The molecule has 0 N–H and O–H groups in total. The molecule has 0 saturated carbocycles. The zero-order valence-corrected chi connectivity index (χ0v) is 9.21. The first-order chi connectivity index (χ1) is 7.24. The number of carbonyl (C=O) groups excluding carboxylic acids is 1. The highest BCUT2D eigenvalue weighted by Crippen LogP contribution is 2.31. The van der Waals surface area contributed by atoms with Gasteiger partial charge >= 0.3 is 0 Å². The summed E-state index contributed by atoms with van der Waals surface area (Å²) in [4.78, 5) is 14.0. The standard InChI is InChI=1S/C12H17NO2/c1-9-8-10(12(15-2)11(9)14)13-6-4-3-5-7-13/h1,3-8H2,2H3. The molecule has 2 rings (SSSR count). The van der Waals surface area contributed by atoms with Crippen molar-refractivity contribution in [3.8, 4) is 0 Å². The van der Waals surface area contributed by atoms with E-state index in [4.69, 9.17) is 4.74 Å². The molecule has 1 saturated heterocycles. The van der Waals surface area contributed by atoms with Crippen molar-refractivity contribution in [2.75, 3.05) is 20.2 Å². The van der Waals surface area contributed by atoms with E-state index in [1.165, 1.54) is 19.3 Å². The summed E-state index contributed by atoms with van der Waals surface area (Å²) >= 11 is 0. The van der Waals surface area contributed by atoms with Gasteiger partial charge in [-0.25, -0.2) is 0 Å². The van der Waals surface area contributed by atoms with Crippen LogP contribution in [0.5, 0.6) is 0 Å². The van der Waals surface area contributed by atoms with E-state index in [9.17, 15) is 4.79 Å². The fourth-order valence-corrected chi connectivity index (χ4v) is 2.28. The first-order valence-electron chi connectivity index (χ1n) is 5.48. The van der Waals surface area contributed by atoms with Crippen LogP contribution < -0.4 is 0 Å². The summed E-state index contributed by atoms with van der Waals surface area (Å²) in [5.74, 6) is 0.500. The second-order valence-electron chi connectivity index (χ2n) is 4.14. The molecule has 0 bridgehead atoms. The normalized spacial score (nSPS) is 22.6. The zero-order chi connectivity index (χ0) is 10.8. The lowest BCUT2D eigenvalue weighted by atomic mass is 10.1. The van der Waals surface area contributed by atoms with Crippen LogP contribution in [-0.4, -0.2) is 30.9 Å². The molecule has 0 amide bonds. The molecule has 1 fully saturated rings. The molecule has 1 aliphatic carbocycles. The molecule has 3 heteroatoms. The minimum atomic E-state index is -0.0157. The number of likely N-dealkylation sites (tertiary alicyclic amines) is 1. The molecule has 0 aromatic rings. The molecule has 0 atom stereocenters. The van der Waals surface area contributed by atoms with Gasteiger partial charge in [-0.15, -0.1) is 0 Å². The van der Waals surface area contributed by atoms with Crippen molar-refractivity contribution >= 4 is 5.78 Å². The van der Waals surface area contributed by atoms with Crippen molar-refractivity contribution < 1.29 is 9.53 Å². The number of nitrogens with zero attached hydrogens (tertiary/aromatic N) is 1. The molecule has 0 spiro atoms. The molecule has 2 aliphatic rings. The number of hydrogen-bond donors (Lipinski definition) is 0. The maximum absolute atomic E-state index is 11.7. The Morgan fingerprint density at radius 2 is 1.93 bits per heavy atom. The summed E-state index contributed by atoms with van der Waals surface area (Å²) in [5.41, 5.74) is 1.71. The van der Waals surface area contributed by atoms with E-state index < -0.39 is 0 Å². The van der Waals surface area contributed by atoms with Crippen molar-refractivity contribution in [2.24, 2.45) is 0 Å². The molecular weight excluding hydrogens is 190 g/mol. The van der Waals surface area contributed by atoms with Gasteiger partial charge in [0.15, 0.2) is 5.76 Å². The molecule has 0 unspecified atom stereocenters. The Kier molecular flexibility index (Phi) is 2.80. The summed E-state index contributed by atoms with van der Waals surface area (Å²) < 4.78 is 5.19. The highest BCUT2D eigenvalue weighted by molar-refractivity contribution is 6.09. The number of methoxy groups -OCH3 is 1. The van der Waals surface area contributed by atoms with Crippen LogP contribution in [0.15, 0.2) is 23.6 Å². The van der Waals surface area contributed by atoms with Gasteiger partial charge in [0, 0.05) is 25.1 Å². The monoisotopic (exact) mass is 207 g/mol. The van der Waals surface area contributed by atoms with Crippen LogP contribution in [0.1, 0.15) is 25.7 Å². The Bertz CT molecular complexity index is 325. The number of allylic oxidation sites excluding steroid dienone is 2. The van der Waals surface area contributed by atoms with Crippen LogP contribution in [0.25, 0.3) is 0 Å². The second-order valence-corrected chi connectivity index (χ2v) is 4.14. The first kappa shape index (κ1) is 10.3. The molecule has 0 aromatic heterocycles. The van der Waals surface area contributed by atoms with E-state index in [1.54, 1.807) is 7.11 Å². The third kappa shape index (κ3) is 1.78. The smallest absolute Gasteiger partial charge is 0.225 e. The molecule has 0 aromatic carbocycles. The molecule has 1 aliphatic heterocycles. The average molecular weight is 207 g/mol. The predicted molar refractivity (Wildman–Crippen MR) is 58.2 cm³/mol. The number of Topliss-reactive ketones (excluding diaryl/α,β-unsaturated/α-hetero) is 1. The quantitative estimate of drug-likeness (QED) is 0.647. The Balaban J connectivity index is 2.21. The molecule has 15 heavy (non-hydrogen) atoms. The summed E-state index contributed by atoms with van der Waals surface area (Å²) in [6.07, 6.45) is 4.38. The lowest BCUT2D eigenvalue weighted by molar-refractivity contribution is -0.114. The topological polar surface area (TPSA) is 29.5 Å². The van der Waals surface area contributed by atoms with E-state index in [-0.39, 0.29) is 5.78 Å². The molecular formula is C12H17NO2. The lowest BCUT2D eigenvalue weighted by Gasteiger charge is -2.29. The third-order valence-electron chi connectivity index (χ3n) is 3.11. The summed E-state index contributed by atoms with van der Waals surface area (Å²) in [6, 6.07) is 0. The van der Waals surface area contributed by atoms with E-state index in [2.05, 4.69) is 11.5 Å². The summed E-state index contributed by atoms with van der Waals surface area (Å²) in [7, 11) is 1.57. The van der Waals surface area contributed by atoms with Crippen molar-refractivity contribution in [3.05, 3.63) is 23.6 Å². The molecule has 0 radical (unpaired) electrons. The summed E-state index contributed by atoms with van der Waals surface area (Å²) in [5, 5.41) is 0. The van der Waals surface area contributed by atoms with Crippen molar-refractivity contribution in [1.82, 2.24) is 4.90 Å². The van der Waals surface area contributed by atoms with Gasteiger partial charge in [0.2, 0.25) is 5.78 Å². The van der Waals surface area contributed by atoms with Gasteiger partial charge in [-0.3, -0.25) is 4.79 Å². The number of piperidine rings is 1. The van der Waals surface area contributed by atoms with Gasteiger partial charge in [-0.2, -0.15) is 0 Å². The van der Waals surface area contributed by atoms with Gasteiger partial charge in [0.25, 0.3) is 0 Å². The number of ether oxygens (including phenoxy) is 1. The van der Waals surface area contributed by atoms with Crippen LogP contribution in [0.4, 0.5) is 0 Å². The van der Waals surface area contributed by atoms with Gasteiger partial charge in [0.1, 0.15) is 0 Å². The van der Waals surface area contributed by atoms with Gasteiger partial charge in [-0.05, 0) is 19.3 Å². The highest BCUT2D eigenvalue weighted by Gasteiger charge is 2.31. The molecule has 3 nitrogen and oxygen atoms in total. The number of rotatable bonds is 2. The fraction of sp³-hybridized carbons (Fsp3) is 0.583. The number of ketones is 1. The third-order valence-corrected chi connectivity index (χ3v) is 3.11. The number of carbonyl (C=O) groups is 1. The maximum Gasteiger partial charge on any atom is 0.225 e. The van der Waals surface area contributed by atoms with E-state index >= 15 is 0 Å². The SMILES string of the molecule is C=C1CC(N2CCCCC2)=C(OC)C1=O. The Morgan fingerprint density at radius 1 is 1.27 bits per heavy atom. The van der Waals surface area contributed by atoms with Crippen LogP contribution in [0, 0.1) is 0 Å². The minimum absolute atomic E-state index is 0.0157. The van der Waals surface area contributed by atoms with Gasteiger partial charge in [0.05, 0.1) is 12.8 Å². The predicted octanol–water partition coefficient (Wildman–Crippen LogP) is 1.86. The van der Waals surface area contributed by atoms with Crippen LogP contribution >= 0.6 is 0 Å². The van der Waals surface area contributed by atoms with Crippen molar-refractivity contribution in [3.63, 3.8) is 0 Å². The second kappa shape index (κ2) is 4.09. The maximum atomic E-state index is 11.7. The van der Waals surface area contributed by atoms with E-state index in [1.807, 2.05) is 0 Å². The van der Waals surface area contributed by atoms with Crippen LogP contribution in [0.3, 0.4) is 0 Å². The number of hydrogen-bond acceptors (Lipinski definition) is 3. The first-order valence-corrected chi connectivity index (χ1v) is 5.48. The van der Waals surface area contributed by atoms with Crippen molar-refractivity contribution in [2.45, 2.75) is 25.7 Å². The fourth-order valence-electron chi connectivity index (χ4n) is 2.28. The summed E-state index contributed by atoms with van der Waals surface area (Å²) in [6.45, 7) is 5.87. The Morgan fingerprint density at radius 3 is 2.53 bits per heavy atom. The lowest BCUT2D eigenvalue weighted by Crippen LogP contribution is -2.29. The zero-order valence-electron chi connectivity index (χ0n) is 9.21. The molecule has 82 valence electrons. The van der Waals surface area contributed by atoms with E-state index in [0.717, 1.165) is 18.8 Å². The average Bonchev–Trinajstić information content (AvgIpc) is 2.56. The molecule has 1 heterocycles. The van der Waals surface area contributed by atoms with E-state index in [0.29, 0.717) is 17.8 Å². The van der Waals surface area contributed by atoms with Gasteiger partial charge < -0.3 is 9.64 Å². The largest absolute Gasteiger partial charge is 0.491 e. The van der Waals surface area contributed by atoms with Crippen molar-refractivity contribution in [1.29, 1.82) is 0 Å². The van der Waals surface area contributed by atoms with Crippen LogP contribution in [-0.2, 0) is 9.53 Å². The van der Waals surface area contributed by atoms with Crippen LogP contribution in [0.2, 0.25) is 0 Å². The minimum Gasteiger partial charge on any atom is -0.491 e.